The minimum absolute atomic E-state index is 0.0469. The molecule has 0 N–H and O–H groups in total. The van der Waals surface area contributed by atoms with Crippen LogP contribution in [0.15, 0.2) is 0 Å². The van der Waals surface area contributed by atoms with Crippen LogP contribution in [-0.4, -0.2) is 29.1 Å². The second kappa shape index (κ2) is 5.84. The summed E-state index contributed by atoms with van der Waals surface area (Å²) < 4.78 is 4.27. The highest BCUT2D eigenvalue weighted by molar-refractivity contribution is 5.68. The van der Waals surface area contributed by atoms with Gasteiger partial charge in [0, 0.05) is 6.42 Å². The van der Waals surface area contributed by atoms with E-state index in [0.717, 1.165) is 0 Å². The van der Waals surface area contributed by atoms with Gasteiger partial charge < -0.3 is 4.74 Å². The van der Waals surface area contributed by atoms with Gasteiger partial charge in [-0.2, -0.15) is 0 Å². The molecule has 0 atom stereocenters. The van der Waals surface area contributed by atoms with Crippen molar-refractivity contribution in [2.45, 2.75) is 25.4 Å². The summed E-state index contributed by atoms with van der Waals surface area (Å²) in [6.45, 7) is 0. The Balaban J connectivity index is 3.90. The highest BCUT2D eigenvalue weighted by Crippen LogP contribution is 2.05. The first-order valence-electron chi connectivity index (χ1n) is 3.82. The lowest BCUT2D eigenvalue weighted by Crippen LogP contribution is -2.28. The van der Waals surface area contributed by atoms with Crippen LogP contribution in [0, 0.1) is 20.2 Å². The third kappa shape index (κ3) is 4.33. The zero-order chi connectivity index (χ0) is 11.1. The molecule has 0 saturated carbocycles. The van der Waals surface area contributed by atoms with E-state index in [1.165, 1.54) is 7.11 Å². The lowest BCUT2D eigenvalue weighted by atomic mass is 10.2. The second-order valence-electron chi connectivity index (χ2n) is 2.52. The van der Waals surface area contributed by atoms with Crippen LogP contribution in [0.1, 0.15) is 19.3 Å². The number of carbonyl (C=O) groups excluding carboxylic acids is 1. The summed E-state index contributed by atoms with van der Waals surface area (Å²) in [4.78, 5) is 28.9. The molecule has 80 valence electrons. The number of rotatable bonds is 6. The molecule has 0 amide bonds. The number of ether oxygens (including phenoxy) is 1. The first kappa shape index (κ1) is 12.3. The summed E-state index contributed by atoms with van der Waals surface area (Å²) >= 11 is 0. The maximum absolute atomic E-state index is 10.6. The monoisotopic (exact) mass is 206 g/mol. The van der Waals surface area contributed by atoms with Gasteiger partial charge in [-0.05, 0) is 6.42 Å². The fourth-order valence-corrected chi connectivity index (χ4v) is 0.819. The molecule has 0 spiro atoms. The highest BCUT2D eigenvalue weighted by atomic mass is 16.7. The Morgan fingerprint density at radius 1 is 1.36 bits per heavy atom. The quantitative estimate of drug-likeness (QED) is 0.265. The van der Waals surface area contributed by atoms with Gasteiger partial charge in [-0.25, -0.2) is 0 Å². The molecule has 8 nitrogen and oxygen atoms in total. The highest BCUT2D eigenvalue weighted by Gasteiger charge is 2.31. The van der Waals surface area contributed by atoms with Crippen molar-refractivity contribution in [3.8, 4) is 0 Å². The van der Waals surface area contributed by atoms with E-state index in [1.807, 2.05) is 0 Å². The van der Waals surface area contributed by atoms with Gasteiger partial charge in [-0.15, -0.1) is 0 Å². The van der Waals surface area contributed by atoms with Crippen LogP contribution in [0.5, 0.6) is 0 Å². The molecule has 14 heavy (non-hydrogen) atoms. The fourth-order valence-electron chi connectivity index (χ4n) is 0.819. The Hall–Kier alpha value is -1.73. The maximum atomic E-state index is 10.6. The van der Waals surface area contributed by atoms with Crippen LogP contribution in [0.25, 0.3) is 0 Å². The predicted octanol–water partition coefficient (Wildman–Crippen LogP) is 0.209. The molecule has 0 unspecified atom stereocenters. The van der Waals surface area contributed by atoms with Gasteiger partial charge >= 0.3 is 12.1 Å². The summed E-state index contributed by atoms with van der Waals surface area (Å²) in [6.07, 6.45) is -2.08. The van der Waals surface area contributed by atoms with E-state index in [1.54, 1.807) is 0 Å². The van der Waals surface area contributed by atoms with Gasteiger partial charge in [-0.3, -0.25) is 25.0 Å². The van der Waals surface area contributed by atoms with E-state index in [4.69, 9.17) is 0 Å². The number of hydrogen-bond acceptors (Lipinski definition) is 6. The number of nitrogens with zero attached hydrogens (tertiary/aromatic N) is 2. The molecule has 0 aromatic heterocycles. The van der Waals surface area contributed by atoms with E-state index < -0.39 is 22.0 Å². The van der Waals surface area contributed by atoms with E-state index >= 15 is 0 Å². The van der Waals surface area contributed by atoms with E-state index in [2.05, 4.69) is 4.74 Å². The number of esters is 1. The summed E-state index contributed by atoms with van der Waals surface area (Å²) in [7, 11) is 1.18. The fraction of sp³-hybridized carbons (Fsp3) is 0.833. The SMILES string of the molecule is COC(=O)CCCC([N+](=O)[O-])[N+](=O)[O-]. The van der Waals surface area contributed by atoms with Gasteiger partial charge in [0.25, 0.3) is 0 Å². The molecule has 0 saturated heterocycles. The van der Waals surface area contributed by atoms with Crippen LogP contribution in [-0.2, 0) is 9.53 Å². The van der Waals surface area contributed by atoms with Gasteiger partial charge in [0.15, 0.2) is 0 Å². The molecule has 0 aromatic rings. The average molecular weight is 206 g/mol. The van der Waals surface area contributed by atoms with Crippen molar-refractivity contribution in [3.63, 3.8) is 0 Å². The zero-order valence-electron chi connectivity index (χ0n) is 7.54. The summed E-state index contributed by atoms with van der Waals surface area (Å²) in [6, 6.07) is 0. The minimum Gasteiger partial charge on any atom is -0.469 e. The molecule has 0 aliphatic rings. The molecule has 0 aliphatic carbocycles. The molecular weight excluding hydrogens is 196 g/mol. The molecule has 0 aliphatic heterocycles. The average Bonchev–Trinajstić information content (AvgIpc) is 2.10. The predicted molar refractivity (Wildman–Crippen MR) is 43.6 cm³/mol. The summed E-state index contributed by atoms with van der Waals surface area (Å²) in [5.74, 6) is -0.532. The third-order valence-electron chi connectivity index (χ3n) is 1.56. The lowest BCUT2D eigenvalue weighted by Gasteiger charge is -2.01. The van der Waals surface area contributed by atoms with Crippen LogP contribution in [0.2, 0.25) is 0 Å². The molecular formula is C6H10N2O6. The number of hydrogen-bond donors (Lipinski definition) is 0. The number of methoxy groups -OCH3 is 1. The first-order valence-corrected chi connectivity index (χ1v) is 3.82. The number of nitro groups is 2. The molecule has 0 rings (SSSR count). The lowest BCUT2D eigenvalue weighted by molar-refractivity contribution is -0.743. The Bertz CT molecular complexity index is 226. The van der Waals surface area contributed by atoms with Crippen molar-refractivity contribution < 1.29 is 19.4 Å². The standard InChI is InChI=1S/C6H10N2O6/c1-14-6(9)4-2-3-5(7(10)11)8(12)13/h5H,2-4H2,1H3. The van der Waals surface area contributed by atoms with Crippen LogP contribution < -0.4 is 0 Å². The zero-order valence-corrected chi connectivity index (χ0v) is 7.54. The third-order valence-corrected chi connectivity index (χ3v) is 1.56. The molecule has 0 radical (unpaired) electrons. The van der Waals surface area contributed by atoms with E-state index in [-0.39, 0.29) is 19.3 Å². The van der Waals surface area contributed by atoms with Gasteiger partial charge in [0.2, 0.25) is 0 Å². The molecule has 8 heteroatoms. The van der Waals surface area contributed by atoms with Crippen molar-refractivity contribution in [2.24, 2.45) is 0 Å². The Labute approximate surface area is 79.1 Å². The number of carbonyl (C=O) groups is 1. The summed E-state index contributed by atoms with van der Waals surface area (Å²) in [5.41, 5.74) is 0. The van der Waals surface area contributed by atoms with Crippen molar-refractivity contribution >= 4 is 5.97 Å². The first-order chi connectivity index (χ1) is 6.49. The van der Waals surface area contributed by atoms with Crippen LogP contribution in [0.4, 0.5) is 0 Å². The molecule has 0 fully saturated rings. The van der Waals surface area contributed by atoms with Crippen molar-refractivity contribution in [3.05, 3.63) is 20.2 Å². The van der Waals surface area contributed by atoms with Crippen molar-refractivity contribution in [2.75, 3.05) is 7.11 Å². The maximum Gasteiger partial charge on any atom is 0.450 e. The second-order valence-corrected chi connectivity index (χ2v) is 2.52. The van der Waals surface area contributed by atoms with Crippen LogP contribution >= 0.6 is 0 Å². The van der Waals surface area contributed by atoms with Crippen molar-refractivity contribution in [1.29, 1.82) is 0 Å². The Morgan fingerprint density at radius 2 is 1.86 bits per heavy atom. The molecule has 0 heterocycles. The van der Waals surface area contributed by atoms with Gasteiger partial charge in [0.1, 0.15) is 0 Å². The minimum atomic E-state index is -1.83. The summed E-state index contributed by atoms with van der Waals surface area (Å²) in [5, 5.41) is 20.3. The van der Waals surface area contributed by atoms with Gasteiger partial charge in [-0.1, -0.05) is 0 Å². The largest absolute Gasteiger partial charge is 0.469 e. The van der Waals surface area contributed by atoms with Gasteiger partial charge in [0.05, 0.1) is 23.4 Å². The topological polar surface area (TPSA) is 113 Å². The van der Waals surface area contributed by atoms with E-state index in [0.29, 0.717) is 0 Å². The smallest absolute Gasteiger partial charge is 0.450 e. The van der Waals surface area contributed by atoms with E-state index in [9.17, 15) is 25.0 Å². The van der Waals surface area contributed by atoms with Crippen LogP contribution in [0.3, 0.4) is 0 Å². The Morgan fingerprint density at radius 3 is 2.21 bits per heavy atom. The molecule has 0 aromatic carbocycles. The molecule has 0 bridgehead atoms. The Kier molecular flexibility index (Phi) is 5.12. The normalized spacial score (nSPS) is 9.86. The van der Waals surface area contributed by atoms with Crippen molar-refractivity contribution in [1.82, 2.24) is 0 Å².